The molecular formula is C13H17BrN2O2. The highest BCUT2D eigenvalue weighted by Crippen LogP contribution is 2.14. The van der Waals surface area contributed by atoms with Gasteiger partial charge in [-0.3, -0.25) is 0 Å². The number of nitrogens with zero attached hydrogens (tertiary/aromatic N) is 1. The van der Waals surface area contributed by atoms with Gasteiger partial charge in [0.2, 0.25) is 0 Å². The average Bonchev–Trinajstić information content (AvgIpc) is 2.36. The van der Waals surface area contributed by atoms with Gasteiger partial charge in [-0.25, -0.2) is 4.79 Å². The standard InChI is InChI=1S/C13H17BrN2O2/c14-11-4-1-3-10(7-11)9-18-13(17)16-6-2-5-12(15)8-16/h1,3-4,7,12H,2,5-6,8-9,15H2. The Morgan fingerprint density at radius 2 is 2.39 bits per heavy atom. The number of likely N-dealkylation sites (tertiary alicyclic amines) is 1. The van der Waals surface area contributed by atoms with Crippen molar-refractivity contribution < 1.29 is 9.53 Å². The second-order valence-corrected chi connectivity index (χ2v) is 5.45. The SMILES string of the molecule is NC1CCCN(C(=O)OCc2cccc(Br)c2)C1. The number of benzene rings is 1. The molecule has 1 atom stereocenters. The number of piperidine rings is 1. The van der Waals surface area contributed by atoms with Crippen LogP contribution in [0.25, 0.3) is 0 Å². The van der Waals surface area contributed by atoms with Gasteiger partial charge in [-0.05, 0) is 30.5 Å². The number of carbonyl (C=O) groups is 1. The third-order valence-electron chi connectivity index (χ3n) is 2.97. The van der Waals surface area contributed by atoms with Crippen molar-refractivity contribution in [2.24, 2.45) is 5.73 Å². The Balaban J connectivity index is 1.84. The first kappa shape index (κ1) is 13.4. The lowest BCUT2D eigenvalue weighted by Crippen LogP contribution is -2.45. The minimum Gasteiger partial charge on any atom is -0.445 e. The average molecular weight is 313 g/mol. The fraction of sp³-hybridized carbons (Fsp3) is 0.462. The van der Waals surface area contributed by atoms with Gasteiger partial charge in [0.15, 0.2) is 0 Å². The van der Waals surface area contributed by atoms with Crippen molar-refractivity contribution in [3.05, 3.63) is 34.3 Å². The second-order valence-electron chi connectivity index (χ2n) is 4.53. The summed E-state index contributed by atoms with van der Waals surface area (Å²) in [7, 11) is 0. The summed E-state index contributed by atoms with van der Waals surface area (Å²) < 4.78 is 6.26. The Morgan fingerprint density at radius 1 is 1.56 bits per heavy atom. The molecule has 1 heterocycles. The van der Waals surface area contributed by atoms with E-state index in [0.29, 0.717) is 13.2 Å². The van der Waals surface area contributed by atoms with Crippen LogP contribution < -0.4 is 5.73 Å². The topological polar surface area (TPSA) is 55.6 Å². The molecule has 1 saturated heterocycles. The summed E-state index contributed by atoms with van der Waals surface area (Å²) in [6.07, 6.45) is 1.66. The van der Waals surface area contributed by atoms with Crippen molar-refractivity contribution in [2.45, 2.75) is 25.5 Å². The molecule has 2 N–H and O–H groups in total. The van der Waals surface area contributed by atoms with Crippen molar-refractivity contribution >= 4 is 22.0 Å². The van der Waals surface area contributed by atoms with Crippen LogP contribution in [0.3, 0.4) is 0 Å². The molecule has 1 aromatic rings. The Kier molecular flexibility index (Phi) is 4.60. The number of carbonyl (C=O) groups excluding carboxylic acids is 1. The first-order valence-corrected chi connectivity index (χ1v) is 6.86. The smallest absolute Gasteiger partial charge is 0.410 e. The van der Waals surface area contributed by atoms with Crippen LogP contribution in [0.5, 0.6) is 0 Å². The predicted molar refractivity (Wildman–Crippen MR) is 73.1 cm³/mol. The highest BCUT2D eigenvalue weighted by Gasteiger charge is 2.22. The summed E-state index contributed by atoms with van der Waals surface area (Å²) in [4.78, 5) is 13.5. The van der Waals surface area contributed by atoms with E-state index in [1.807, 2.05) is 24.3 Å². The molecule has 0 saturated carbocycles. The van der Waals surface area contributed by atoms with Crippen LogP contribution >= 0.6 is 15.9 Å². The van der Waals surface area contributed by atoms with E-state index >= 15 is 0 Å². The first-order chi connectivity index (χ1) is 8.65. The molecule has 1 aromatic carbocycles. The molecule has 0 bridgehead atoms. The van der Waals surface area contributed by atoms with Gasteiger partial charge >= 0.3 is 6.09 Å². The van der Waals surface area contributed by atoms with Crippen LogP contribution in [0, 0.1) is 0 Å². The van der Waals surface area contributed by atoms with Gasteiger partial charge in [-0.15, -0.1) is 0 Å². The fourth-order valence-electron chi connectivity index (χ4n) is 2.04. The highest BCUT2D eigenvalue weighted by atomic mass is 79.9. The molecule has 5 heteroatoms. The van der Waals surface area contributed by atoms with E-state index in [4.69, 9.17) is 10.5 Å². The zero-order valence-corrected chi connectivity index (χ0v) is 11.7. The molecule has 18 heavy (non-hydrogen) atoms. The maximum atomic E-state index is 11.8. The lowest BCUT2D eigenvalue weighted by Gasteiger charge is -2.29. The maximum absolute atomic E-state index is 11.8. The summed E-state index contributed by atoms with van der Waals surface area (Å²) in [6.45, 7) is 1.63. The molecule has 98 valence electrons. The van der Waals surface area contributed by atoms with E-state index in [1.54, 1.807) is 4.90 Å². The van der Waals surface area contributed by atoms with Crippen LogP contribution in [0.4, 0.5) is 4.79 Å². The fourth-order valence-corrected chi connectivity index (χ4v) is 2.49. The molecular weight excluding hydrogens is 296 g/mol. The molecule has 1 amide bonds. The highest BCUT2D eigenvalue weighted by molar-refractivity contribution is 9.10. The lowest BCUT2D eigenvalue weighted by atomic mass is 10.1. The molecule has 1 unspecified atom stereocenters. The van der Waals surface area contributed by atoms with E-state index in [1.165, 1.54) is 0 Å². The summed E-state index contributed by atoms with van der Waals surface area (Å²) in [5.74, 6) is 0. The van der Waals surface area contributed by atoms with Gasteiger partial charge < -0.3 is 15.4 Å². The first-order valence-electron chi connectivity index (χ1n) is 6.07. The van der Waals surface area contributed by atoms with Gasteiger partial charge in [0.1, 0.15) is 6.61 Å². The molecule has 1 aliphatic heterocycles. The van der Waals surface area contributed by atoms with E-state index in [0.717, 1.165) is 29.4 Å². The summed E-state index contributed by atoms with van der Waals surface area (Å²) in [5.41, 5.74) is 6.81. The van der Waals surface area contributed by atoms with Crippen LogP contribution in [-0.4, -0.2) is 30.1 Å². The number of halogens is 1. The molecule has 0 aromatic heterocycles. The van der Waals surface area contributed by atoms with Crippen molar-refractivity contribution in [2.75, 3.05) is 13.1 Å². The van der Waals surface area contributed by atoms with Crippen molar-refractivity contribution in [3.63, 3.8) is 0 Å². The Hall–Kier alpha value is -1.07. The van der Waals surface area contributed by atoms with Crippen LogP contribution in [0.1, 0.15) is 18.4 Å². The number of ether oxygens (including phenoxy) is 1. The van der Waals surface area contributed by atoms with Crippen molar-refractivity contribution in [3.8, 4) is 0 Å². The lowest BCUT2D eigenvalue weighted by molar-refractivity contribution is 0.0862. The normalized spacial score (nSPS) is 19.7. The largest absolute Gasteiger partial charge is 0.445 e. The Morgan fingerprint density at radius 3 is 3.11 bits per heavy atom. The zero-order valence-electron chi connectivity index (χ0n) is 10.1. The molecule has 1 aliphatic rings. The molecule has 2 rings (SSSR count). The predicted octanol–water partition coefficient (Wildman–Crippen LogP) is 2.51. The van der Waals surface area contributed by atoms with Crippen LogP contribution in [-0.2, 0) is 11.3 Å². The van der Waals surface area contributed by atoms with Gasteiger partial charge in [-0.2, -0.15) is 0 Å². The monoisotopic (exact) mass is 312 g/mol. The van der Waals surface area contributed by atoms with Crippen molar-refractivity contribution in [1.82, 2.24) is 4.90 Å². The van der Waals surface area contributed by atoms with E-state index in [2.05, 4.69) is 15.9 Å². The quantitative estimate of drug-likeness (QED) is 0.913. The van der Waals surface area contributed by atoms with Gasteiger partial charge in [0.25, 0.3) is 0 Å². The number of amides is 1. The number of hydrogen-bond donors (Lipinski definition) is 1. The molecule has 0 radical (unpaired) electrons. The van der Waals surface area contributed by atoms with Crippen LogP contribution in [0.15, 0.2) is 28.7 Å². The van der Waals surface area contributed by atoms with Gasteiger partial charge in [-0.1, -0.05) is 28.1 Å². The minimum atomic E-state index is -0.273. The summed E-state index contributed by atoms with van der Waals surface area (Å²) >= 11 is 3.39. The Labute approximate surface area is 115 Å². The van der Waals surface area contributed by atoms with Gasteiger partial charge in [0, 0.05) is 23.6 Å². The molecule has 0 aliphatic carbocycles. The zero-order chi connectivity index (χ0) is 13.0. The van der Waals surface area contributed by atoms with Crippen LogP contribution in [0.2, 0.25) is 0 Å². The second kappa shape index (κ2) is 6.20. The van der Waals surface area contributed by atoms with E-state index < -0.39 is 0 Å². The molecule has 1 fully saturated rings. The summed E-state index contributed by atoms with van der Waals surface area (Å²) in [6, 6.07) is 7.81. The molecule has 4 nitrogen and oxygen atoms in total. The third kappa shape index (κ3) is 3.71. The van der Waals surface area contributed by atoms with E-state index in [9.17, 15) is 4.79 Å². The van der Waals surface area contributed by atoms with E-state index in [-0.39, 0.29) is 12.1 Å². The summed E-state index contributed by atoms with van der Waals surface area (Å²) in [5, 5.41) is 0. The number of nitrogens with two attached hydrogens (primary N) is 1. The number of rotatable bonds is 2. The van der Waals surface area contributed by atoms with Gasteiger partial charge in [0.05, 0.1) is 0 Å². The maximum Gasteiger partial charge on any atom is 0.410 e. The Bertz CT molecular complexity index is 425. The number of hydrogen-bond acceptors (Lipinski definition) is 3. The van der Waals surface area contributed by atoms with Crippen molar-refractivity contribution in [1.29, 1.82) is 0 Å². The third-order valence-corrected chi connectivity index (χ3v) is 3.46. The molecule has 0 spiro atoms. The minimum absolute atomic E-state index is 0.0807.